The third kappa shape index (κ3) is 5.18. The molecule has 0 saturated carbocycles. The summed E-state index contributed by atoms with van der Waals surface area (Å²) in [7, 11) is 0. The second kappa shape index (κ2) is 10.2. The zero-order valence-corrected chi connectivity index (χ0v) is 18.2. The number of carbonyl (C=O) groups excluding carboxylic acids is 1. The molecule has 2 unspecified atom stereocenters. The quantitative estimate of drug-likeness (QED) is 0.492. The fourth-order valence-electron chi connectivity index (χ4n) is 4.40. The number of pyridine rings is 1. The molecule has 2 atom stereocenters. The molecule has 4 rings (SSSR count). The molecule has 1 saturated heterocycles. The number of rotatable bonds is 8. The van der Waals surface area contributed by atoms with E-state index in [2.05, 4.69) is 16.7 Å². The van der Waals surface area contributed by atoms with Crippen molar-refractivity contribution in [1.82, 2.24) is 10.3 Å². The number of nitrogens with two attached hydrogens (primary N) is 1. The Labute approximate surface area is 192 Å². The number of hydrogen-bond acceptors (Lipinski definition) is 5. The molecule has 2 heterocycles. The minimum Gasteiger partial charge on any atom is -0.369 e. The number of anilines is 1. The molecule has 1 aromatic heterocycles. The van der Waals surface area contributed by atoms with Gasteiger partial charge in [-0.05, 0) is 55.6 Å². The Balaban J connectivity index is 1.68. The minimum atomic E-state index is -0.531. The van der Waals surface area contributed by atoms with E-state index < -0.39 is 11.8 Å². The van der Waals surface area contributed by atoms with Gasteiger partial charge < -0.3 is 16.4 Å². The summed E-state index contributed by atoms with van der Waals surface area (Å²) in [5, 5.41) is 16.2. The summed E-state index contributed by atoms with van der Waals surface area (Å²) >= 11 is 0. The normalized spacial score (nSPS) is 16.2. The summed E-state index contributed by atoms with van der Waals surface area (Å²) in [6.07, 6.45) is 2.42. The number of primary amides is 1. The summed E-state index contributed by atoms with van der Waals surface area (Å²) in [4.78, 5) is 17.3. The molecule has 168 valence electrons. The smallest absolute Gasteiger partial charge is 0.226 e. The zero-order valence-electron chi connectivity index (χ0n) is 18.2. The second-order valence-electron chi connectivity index (χ2n) is 8.18. The number of carbonyl (C=O) groups is 1. The van der Waals surface area contributed by atoms with E-state index >= 15 is 0 Å². The Morgan fingerprint density at radius 3 is 2.82 bits per heavy atom. The summed E-state index contributed by atoms with van der Waals surface area (Å²) in [6, 6.07) is 19.6. The largest absolute Gasteiger partial charge is 0.369 e. The molecule has 2 aromatic carbocycles. The molecule has 0 aliphatic carbocycles. The van der Waals surface area contributed by atoms with E-state index in [4.69, 9.17) is 10.7 Å². The molecule has 0 spiro atoms. The standard InChI is InChI=1S/C26H26FN5O/c27-19-7-3-5-17(15-19)12-14-31-26-21(24(25(29)33)23-9-4-13-30-23)10-11-22(32-26)20-8-2-1-6-18(20)16-28/h1-3,5-8,10-11,15,23-24,30H,4,9,12-14H2,(H2,29,33)(H,31,32). The molecule has 4 N–H and O–H groups in total. The Bertz CT molecular complexity index is 1180. The summed E-state index contributed by atoms with van der Waals surface area (Å²) in [5.41, 5.74) is 9.28. The first-order chi connectivity index (χ1) is 16.1. The maximum Gasteiger partial charge on any atom is 0.226 e. The van der Waals surface area contributed by atoms with Crippen molar-refractivity contribution in [2.75, 3.05) is 18.4 Å². The van der Waals surface area contributed by atoms with Gasteiger partial charge in [-0.3, -0.25) is 4.79 Å². The van der Waals surface area contributed by atoms with Crippen molar-refractivity contribution in [2.24, 2.45) is 5.73 Å². The Morgan fingerprint density at radius 2 is 2.09 bits per heavy atom. The predicted octanol–water partition coefficient (Wildman–Crippen LogP) is 3.73. The van der Waals surface area contributed by atoms with Crippen LogP contribution in [0.4, 0.5) is 10.2 Å². The molecular formula is C26H26FN5O. The van der Waals surface area contributed by atoms with Gasteiger partial charge in [0.15, 0.2) is 0 Å². The number of amides is 1. The highest BCUT2D eigenvalue weighted by Crippen LogP contribution is 2.32. The lowest BCUT2D eigenvalue weighted by Crippen LogP contribution is -2.38. The SMILES string of the molecule is N#Cc1ccccc1-c1ccc(C(C(N)=O)C2CCCN2)c(NCCc2cccc(F)c2)n1. The Hall–Kier alpha value is -3.76. The number of nitrogens with zero attached hydrogens (tertiary/aromatic N) is 2. The van der Waals surface area contributed by atoms with Crippen LogP contribution in [-0.2, 0) is 11.2 Å². The van der Waals surface area contributed by atoms with Gasteiger partial charge in [0, 0.05) is 23.7 Å². The van der Waals surface area contributed by atoms with Crippen LogP contribution in [-0.4, -0.2) is 30.0 Å². The molecule has 1 fully saturated rings. The van der Waals surface area contributed by atoms with E-state index in [1.54, 1.807) is 12.1 Å². The zero-order chi connectivity index (χ0) is 23.2. The van der Waals surface area contributed by atoms with E-state index in [1.165, 1.54) is 12.1 Å². The molecule has 33 heavy (non-hydrogen) atoms. The van der Waals surface area contributed by atoms with Crippen LogP contribution in [0.25, 0.3) is 11.3 Å². The molecule has 7 heteroatoms. The first kappa shape index (κ1) is 22.4. The van der Waals surface area contributed by atoms with Crippen LogP contribution in [0.5, 0.6) is 0 Å². The van der Waals surface area contributed by atoms with Gasteiger partial charge in [-0.25, -0.2) is 9.37 Å². The molecule has 0 bridgehead atoms. The number of nitrogens with one attached hydrogen (secondary N) is 2. The Kier molecular flexibility index (Phi) is 6.96. The van der Waals surface area contributed by atoms with Gasteiger partial charge in [-0.2, -0.15) is 5.26 Å². The van der Waals surface area contributed by atoms with Crippen LogP contribution >= 0.6 is 0 Å². The number of hydrogen-bond donors (Lipinski definition) is 3. The van der Waals surface area contributed by atoms with Crippen LogP contribution < -0.4 is 16.4 Å². The lowest BCUT2D eigenvalue weighted by Gasteiger charge is -2.24. The van der Waals surface area contributed by atoms with Crippen molar-refractivity contribution < 1.29 is 9.18 Å². The lowest BCUT2D eigenvalue weighted by atomic mass is 9.89. The van der Waals surface area contributed by atoms with Crippen LogP contribution in [0, 0.1) is 17.1 Å². The highest BCUT2D eigenvalue weighted by Gasteiger charge is 2.32. The van der Waals surface area contributed by atoms with Crippen LogP contribution in [0.1, 0.15) is 35.4 Å². The topological polar surface area (TPSA) is 104 Å². The second-order valence-corrected chi connectivity index (χ2v) is 8.18. The first-order valence-corrected chi connectivity index (χ1v) is 11.1. The maximum absolute atomic E-state index is 13.5. The highest BCUT2D eigenvalue weighted by atomic mass is 19.1. The number of nitriles is 1. The fraction of sp³-hybridized carbons (Fsp3) is 0.269. The molecular weight excluding hydrogens is 417 g/mol. The van der Waals surface area contributed by atoms with Crippen molar-refractivity contribution in [3.63, 3.8) is 0 Å². The summed E-state index contributed by atoms with van der Waals surface area (Å²) in [6.45, 7) is 1.34. The van der Waals surface area contributed by atoms with E-state index in [9.17, 15) is 14.4 Å². The Morgan fingerprint density at radius 1 is 1.24 bits per heavy atom. The van der Waals surface area contributed by atoms with E-state index in [0.29, 0.717) is 35.6 Å². The van der Waals surface area contributed by atoms with Crippen molar-refractivity contribution in [3.05, 3.63) is 83.2 Å². The van der Waals surface area contributed by atoms with Crippen molar-refractivity contribution in [3.8, 4) is 17.3 Å². The van der Waals surface area contributed by atoms with Gasteiger partial charge >= 0.3 is 0 Å². The summed E-state index contributed by atoms with van der Waals surface area (Å²) in [5.74, 6) is -0.664. The lowest BCUT2D eigenvalue weighted by molar-refractivity contribution is -0.120. The van der Waals surface area contributed by atoms with E-state index in [1.807, 2.05) is 36.4 Å². The van der Waals surface area contributed by atoms with Gasteiger partial charge in [-0.1, -0.05) is 36.4 Å². The van der Waals surface area contributed by atoms with Gasteiger partial charge in [0.05, 0.1) is 23.2 Å². The van der Waals surface area contributed by atoms with E-state index in [-0.39, 0.29) is 11.9 Å². The van der Waals surface area contributed by atoms with Crippen molar-refractivity contribution in [1.29, 1.82) is 5.26 Å². The first-order valence-electron chi connectivity index (χ1n) is 11.1. The number of halogens is 1. The molecule has 6 nitrogen and oxygen atoms in total. The molecule has 3 aromatic rings. The van der Waals surface area contributed by atoms with Gasteiger partial charge in [0.1, 0.15) is 11.6 Å². The summed E-state index contributed by atoms with van der Waals surface area (Å²) < 4.78 is 13.5. The third-order valence-electron chi connectivity index (χ3n) is 5.99. The molecule has 1 aliphatic rings. The highest BCUT2D eigenvalue weighted by molar-refractivity contribution is 5.85. The van der Waals surface area contributed by atoms with Gasteiger partial charge in [0.25, 0.3) is 0 Å². The van der Waals surface area contributed by atoms with Crippen molar-refractivity contribution >= 4 is 11.7 Å². The van der Waals surface area contributed by atoms with Gasteiger partial charge in [-0.15, -0.1) is 0 Å². The predicted molar refractivity (Wildman–Crippen MR) is 126 cm³/mol. The minimum absolute atomic E-state index is 0.0506. The van der Waals surface area contributed by atoms with E-state index in [0.717, 1.165) is 30.5 Å². The molecule has 1 amide bonds. The van der Waals surface area contributed by atoms with Gasteiger partial charge in [0.2, 0.25) is 5.91 Å². The van der Waals surface area contributed by atoms with Crippen molar-refractivity contribution in [2.45, 2.75) is 31.2 Å². The average Bonchev–Trinajstić information content (AvgIpc) is 3.34. The fourth-order valence-corrected chi connectivity index (χ4v) is 4.40. The van der Waals surface area contributed by atoms with Crippen LogP contribution in [0.15, 0.2) is 60.7 Å². The molecule has 1 aliphatic heterocycles. The average molecular weight is 444 g/mol. The third-order valence-corrected chi connectivity index (χ3v) is 5.99. The molecule has 0 radical (unpaired) electrons. The number of aromatic nitrogens is 1. The number of benzene rings is 2. The van der Waals surface area contributed by atoms with Crippen LogP contribution in [0.2, 0.25) is 0 Å². The van der Waals surface area contributed by atoms with Crippen LogP contribution in [0.3, 0.4) is 0 Å². The maximum atomic E-state index is 13.5. The monoisotopic (exact) mass is 443 g/mol.